The Balaban J connectivity index is 2.02. The summed E-state index contributed by atoms with van der Waals surface area (Å²) in [6.07, 6.45) is 2.34. The van der Waals surface area contributed by atoms with Crippen molar-refractivity contribution in [1.29, 1.82) is 0 Å². The van der Waals surface area contributed by atoms with Gasteiger partial charge in [0.1, 0.15) is 0 Å². The quantitative estimate of drug-likeness (QED) is 0.845. The van der Waals surface area contributed by atoms with Crippen LogP contribution >= 0.6 is 11.3 Å². The fraction of sp³-hybridized carbons (Fsp3) is 0.0714. The van der Waals surface area contributed by atoms with Gasteiger partial charge in [-0.05, 0) is 0 Å². The number of nitrogens with zero attached hydrogens (tertiary/aromatic N) is 1. The van der Waals surface area contributed by atoms with Crippen molar-refractivity contribution in [2.45, 2.75) is 0 Å². The average molecular weight is 287 g/mol. The van der Waals surface area contributed by atoms with E-state index < -0.39 is 0 Å². The van der Waals surface area contributed by atoms with Crippen LogP contribution in [0, 0.1) is 0 Å². The molecule has 0 radical (unpaired) electrons. The zero-order valence-electron chi connectivity index (χ0n) is 10.8. The Hall–Kier alpha value is -2.47. The van der Waals surface area contributed by atoms with Gasteiger partial charge in [-0.3, -0.25) is 14.9 Å². The number of anilines is 1. The molecule has 2 N–H and O–H groups in total. The number of aromatic nitrogens is 1. The third kappa shape index (κ3) is 3.76. The maximum Gasteiger partial charge on any atom is 0.250 e. The van der Waals surface area contributed by atoms with Crippen LogP contribution in [0.5, 0.6) is 0 Å². The van der Waals surface area contributed by atoms with Crippen molar-refractivity contribution in [2.24, 2.45) is 0 Å². The summed E-state index contributed by atoms with van der Waals surface area (Å²) >= 11 is 1.34. The van der Waals surface area contributed by atoms with Gasteiger partial charge in [0.2, 0.25) is 11.8 Å². The van der Waals surface area contributed by atoms with Gasteiger partial charge < -0.3 is 5.32 Å². The van der Waals surface area contributed by atoms with Crippen LogP contribution in [0.2, 0.25) is 0 Å². The molecule has 0 aliphatic heterocycles. The second kappa shape index (κ2) is 6.63. The highest BCUT2D eigenvalue weighted by molar-refractivity contribution is 7.14. The Labute approximate surface area is 120 Å². The van der Waals surface area contributed by atoms with Crippen LogP contribution in [0.15, 0.2) is 47.9 Å². The minimum atomic E-state index is -0.387. The molecule has 2 aromatic rings. The van der Waals surface area contributed by atoms with Crippen LogP contribution in [0.25, 0.3) is 11.3 Å². The molecule has 1 aromatic heterocycles. The fourth-order valence-electron chi connectivity index (χ4n) is 1.45. The molecule has 2 rings (SSSR count). The first-order valence-electron chi connectivity index (χ1n) is 5.91. The molecule has 0 aliphatic carbocycles. The number of hydrogen-bond donors (Lipinski definition) is 2. The van der Waals surface area contributed by atoms with Crippen molar-refractivity contribution in [2.75, 3.05) is 12.4 Å². The van der Waals surface area contributed by atoms with E-state index in [9.17, 15) is 9.59 Å². The topological polar surface area (TPSA) is 71.1 Å². The minimum absolute atomic E-state index is 0.329. The summed E-state index contributed by atoms with van der Waals surface area (Å²) in [6.45, 7) is 0. The summed E-state index contributed by atoms with van der Waals surface area (Å²) in [5.74, 6) is -0.716. The number of rotatable bonds is 4. The number of amides is 2. The standard InChI is InChI=1S/C14H13N3O2S/c1-15-12(18)7-8-13(19)17-14-16-11(9-20-14)10-5-3-2-4-6-10/h2-9H,1H3,(H,15,18)(H,16,17,19)/b8-7+. The Morgan fingerprint density at radius 3 is 2.55 bits per heavy atom. The molecule has 0 spiro atoms. The number of carbonyl (C=O) groups excluding carboxylic acids is 2. The summed E-state index contributed by atoms with van der Waals surface area (Å²) in [7, 11) is 1.50. The summed E-state index contributed by atoms with van der Waals surface area (Å²) in [5.41, 5.74) is 1.80. The first-order valence-corrected chi connectivity index (χ1v) is 6.78. The van der Waals surface area contributed by atoms with Gasteiger partial charge in [0.15, 0.2) is 5.13 Å². The number of thiazole rings is 1. The van der Waals surface area contributed by atoms with Crippen molar-refractivity contribution in [3.63, 3.8) is 0 Å². The molecule has 0 fully saturated rings. The van der Waals surface area contributed by atoms with Gasteiger partial charge in [0, 0.05) is 30.1 Å². The smallest absolute Gasteiger partial charge is 0.250 e. The molecule has 1 aromatic carbocycles. The van der Waals surface area contributed by atoms with Gasteiger partial charge >= 0.3 is 0 Å². The van der Waals surface area contributed by atoms with Crippen LogP contribution < -0.4 is 10.6 Å². The number of likely N-dealkylation sites (N-methyl/N-ethyl adjacent to an activating group) is 1. The summed E-state index contributed by atoms with van der Waals surface area (Å²) < 4.78 is 0. The molecule has 0 aliphatic rings. The van der Waals surface area contributed by atoms with Gasteiger partial charge in [0.25, 0.3) is 0 Å². The van der Waals surface area contributed by atoms with Gasteiger partial charge in [-0.1, -0.05) is 30.3 Å². The maximum absolute atomic E-state index is 11.6. The Morgan fingerprint density at radius 2 is 1.85 bits per heavy atom. The second-order valence-electron chi connectivity index (χ2n) is 3.84. The van der Waals surface area contributed by atoms with Crippen molar-refractivity contribution in [1.82, 2.24) is 10.3 Å². The van der Waals surface area contributed by atoms with E-state index in [1.807, 2.05) is 35.7 Å². The highest BCUT2D eigenvalue weighted by Crippen LogP contribution is 2.24. The lowest BCUT2D eigenvalue weighted by molar-refractivity contribution is -0.117. The largest absolute Gasteiger partial charge is 0.356 e. The van der Waals surface area contributed by atoms with Gasteiger partial charge in [-0.15, -0.1) is 11.3 Å². The number of benzene rings is 1. The van der Waals surface area contributed by atoms with E-state index in [0.717, 1.165) is 11.3 Å². The van der Waals surface area contributed by atoms with Gasteiger partial charge in [-0.2, -0.15) is 0 Å². The third-order valence-corrected chi connectivity index (χ3v) is 3.19. The second-order valence-corrected chi connectivity index (χ2v) is 4.70. The lowest BCUT2D eigenvalue weighted by atomic mass is 10.2. The van der Waals surface area contributed by atoms with Crippen molar-refractivity contribution < 1.29 is 9.59 Å². The van der Waals surface area contributed by atoms with Crippen LogP contribution in [0.4, 0.5) is 5.13 Å². The van der Waals surface area contributed by atoms with E-state index >= 15 is 0 Å². The summed E-state index contributed by atoms with van der Waals surface area (Å²) in [4.78, 5) is 26.9. The zero-order chi connectivity index (χ0) is 14.4. The Morgan fingerprint density at radius 1 is 1.15 bits per heavy atom. The first kappa shape index (κ1) is 14.0. The first-order chi connectivity index (χ1) is 9.69. The zero-order valence-corrected chi connectivity index (χ0v) is 11.6. The van der Waals surface area contributed by atoms with E-state index in [1.165, 1.54) is 30.5 Å². The third-order valence-electron chi connectivity index (χ3n) is 2.44. The monoisotopic (exact) mass is 287 g/mol. The van der Waals surface area contributed by atoms with Crippen LogP contribution in [-0.4, -0.2) is 23.8 Å². The highest BCUT2D eigenvalue weighted by Gasteiger charge is 2.06. The van der Waals surface area contributed by atoms with E-state index in [1.54, 1.807) is 0 Å². The van der Waals surface area contributed by atoms with E-state index in [4.69, 9.17) is 0 Å². The van der Waals surface area contributed by atoms with Crippen LogP contribution in [0.1, 0.15) is 0 Å². The Kier molecular flexibility index (Phi) is 4.62. The molecule has 0 bridgehead atoms. The molecular formula is C14H13N3O2S. The molecule has 6 heteroatoms. The molecule has 2 amide bonds. The molecule has 0 saturated carbocycles. The molecule has 102 valence electrons. The lowest BCUT2D eigenvalue weighted by Crippen LogP contribution is -2.16. The Bertz CT molecular complexity index is 635. The molecular weight excluding hydrogens is 274 g/mol. The maximum atomic E-state index is 11.6. The predicted octanol–water partition coefficient (Wildman–Crippen LogP) is 2.05. The minimum Gasteiger partial charge on any atom is -0.356 e. The van der Waals surface area contributed by atoms with E-state index in [2.05, 4.69) is 15.6 Å². The van der Waals surface area contributed by atoms with Gasteiger partial charge in [-0.25, -0.2) is 4.98 Å². The van der Waals surface area contributed by atoms with E-state index in [-0.39, 0.29) is 11.8 Å². The van der Waals surface area contributed by atoms with Gasteiger partial charge in [0.05, 0.1) is 5.69 Å². The van der Waals surface area contributed by atoms with Crippen molar-refractivity contribution in [3.8, 4) is 11.3 Å². The normalized spacial score (nSPS) is 10.4. The SMILES string of the molecule is CNC(=O)/C=C/C(=O)Nc1nc(-c2ccccc2)cs1. The summed E-state index contributed by atoms with van der Waals surface area (Å²) in [6, 6.07) is 9.69. The van der Waals surface area contributed by atoms with E-state index in [0.29, 0.717) is 5.13 Å². The molecule has 0 unspecified atom stereocenters. The molecule has 5 nitrogen and oxygen atoms in total. The molecule has 0 atom stereocenters. The lowest BCUT2D eigenvalue weighted by Gasteiger charge is -1.96. The molecule has 1 heterocycles. The van der Waals surface area contributed by atoms with Crippen LogP contribution in [-0.2, 0) is 9.59 Å². The fourth-order valence-corrected chi connectivity index (χ4v) is 2.18. The van der Waals surface area contributed by atoms with Crippen molar-refractivity contribution in [3.05, 3.63) is 47.9 Å². The van der Waals surface area contributed by atoms with Crippen molar-refractivity contribution >= 4 is 28.3 Å². The highest BCUT2D eigenvalue weighted by atomic mass is 32.1. The average Bonchev–Trinajstić information content (AvgIpc) is 2.94. The number of nitrogens with one attached hydrogen (secondary N) is 2. The number of hydrogen-bond acceptors (Lipinski definition) is 4. The summed E-state index contributed by atoms with van der Waals surface area (Å²) in [5, 5.41) is 7.37. The molecule has 20 heavy (non-hydrogen) atoms. The molecule has 0 saturated heterocycles. The van der Waals surface area contributed by atoms with Crippen LogP contribution in [0.3, 0.4) is 0 Å². The number of carbonyl (C=O) groups is 2. The predicted molar refractivity (Wildman–Crippen MR) is 79.4 cm³/mol.